The number of ether oxygens (including phenoxy) is 1. The quantitative estimate of drug-likeness (QED) is 0.842. The number of rotatable bonds is 5. The molecule has 0 aromatic heterocycles. The number of methoxy groups -OCH3 is 1. The van der Waals surface area contributed by atoms with E-state index >= 15 is 0 Å². The molecule has 0 bridgehead atoms. The minimum atomic E-state index is -0.923. The number of hydrogen-bond donors (Lipinski definition) is 1. The van der Waals surface area contributed by atoms with Crippen molar-refractivity contribution >= 4 is 23.4 Å². The summed E-state index contributed by atoms with van der Waals surface area (Å²) in [5.41, 5.74) is 0.642. The molecule has 0 radical (unpaired) electrons. The fraction of sp³-hybridized carbons (Fsp3) is 0.188. The molecule has 0 aliphatic carbocycles. The van der Waals surface area contributed by atoms with Gasteiger partial charge in [-0.2, -0.15) is 0 Å². The predicted molar refractivity (Wildman–Crippen MR) is 83.3 cm³/mol. The van der Waals surface area contributed by atoms with Gasteiger partial charge >= 0.3 is 0 Å². The number of amides is 1. The van der Waals surface area contributed by atoms with Crippen LogP contribution in [0.3, 0.4) is 0 Å². The Balaban J connectivity index is 1.97. The minimum Gasteiger partial charge on any atom is -0.497 e. The molecule has 22 heavy (non-hydrogen) atoms. The summed E-state index contributed by atoms with van der Waals surface area (Å²) in [5, 5.41) is 2.30. The van der Waals surface area contributed by atoms with E-state index in [-0.39, 0.29) is 5.91 Å². The zero-order valence-corrected chi connectivity index (χ0v) is 12.9. The highest BCUT2D eigenvalue weighted by Crippen LogP contribution is 2.26. The number of hydrogen-bond acceptors (Lipinski definition) is 3. The SMILES string of the molecule is COc1ccc(NC(=O)C(C)Sc2ccc(F)c(F)c2)cc1. The largest absolute Gasteiger partial charge is 0.497 e. The summed E-state index contributed by atoms with van der Waals surface area (Å²) >= 11 is 1.16. The summed E-state index contributed by atoms with van der Waals surface area (Å²) in [7, 11) is 1.56. The van der Waals surface area contributed by atoms with Crippen LogP contribution in [0.2, 0.25) is 0 Å². The van der Waals surface area contributed by atoms with E-state index in [1.54, 1.807) is 38.3 Å². The number of carbonyl (C=O) groups excluding carboxylic acids is 1. The molecule has 3 nitrogen and oxygen atoms in total. The van der Waals surface area contributed by atoms with Crippen molar-refractivity contribution in [2.24, 2.45) is 0 Å². The summed E-state index contributed by atoms with van der Waals surface area (Å²) in [6, 6.07) is 10.5. The Kier molecular flexibility index (Phi) is 5.38. The molecule has 1 amide bonds. The van der Waals surface area contributed by atoms with Crippen LogP contribution in [0.5, 0.6) is 5.75 Å². The van der Waals surface area contributed by atoms with Crippen LogP contribution in [0.4, 0.5) is 14.5 Å². The van der Waals surface area contributed by atoms with Crippen LogP contribution in [-0.4, -0.2) is 18.3 Å². The number of carbonyl (C=O) groups is 1. The molecule has 2 aromatic carbocycles. The summed E-state index contributed by atoms with van der Waals surface area (Å²) < 4.78 is 31.1. The molecule has 0 heterocycles. The minimum absolute atomic E-state index is 0.222. The monoisotopic (exact) mass is 323 g/mol. The van der Waals surface area contributed by atoms with Gasteiger partial charge < -0.3 is 10.1 Å². The molecule has 0 aliphatic rings. The van der Waals surface area contributed by atoms with Crippen molar-refractivity contribution in [3.05, 3.63) is 54.1 Å². The van der Waals surface area contributed by atoms with Gasteiger partial charge in [-0.1, -0.05) is 0 Å². The molecule has 116 valence electrons. The van der Waals surface area contributed by atoms with E-state index in [1.165, 1.54) is 6.07 Å². The zero-order chi connectivity index (χ0) is 16.1. The second-order valence-corrected chi connectivity index (χ2v) is 5.97. The van der Waals surface area contributed by atoms with Gasteiger partial charge in [-0.05, 0) is 49.4 Å². The van der Waals surface area contributed by atoms with E-state index in [9.17, 15) is 13.6 Å². The van der Waals surface area contributed by atoms with Crippen molar-refractivity contribution in [3.63, 3.8) is 0 Å². The van der Waals surface area contributed by atoms with Crippen molar-refractivity contribution in [1.29, 1.82) is 0 Å². The van der Waals surface area contributed by atoms with Crippen molar-refractivity contribution in [2.45, 2.75) is 17.1 Å². The van der Waals surface area contributed by atoms with Gasteiger partial charge in [0.25, 0.3) is 0 Å². The lowest BCUT2D eigenvalue weighted by molar-refractivity contribution is -0.115. The molecule has 0 aliphatic heterocycles. The van der Waals surface area contributed by atoms with Gasteiger partial charge in [0.15, 0.2) is 11.6 Å². The number of halogens is 2. The molecule has 2 rings (SSSR count). The number of thioether (sulfide) groups is 1. The third-order valence-corrected chi connectivity index (χ3v) is 4.02. The Bertz CT molecular complexity index is 662. The van der Waals surface area contributed by atoms with E-state index in [4.69, 9.17) is 4.74 Å². The third-order valence-electron chi connectivity index (χ3n) is 2.93. The van der Waals surface area contributed by atoms with Crippen LogP contribution < -0.4 is 10.1 Å². The molecule has 0 fully saturated rings. The lowest BCUT2D eigenvalue weighted by Gasteiger charge is -2.12. The lowest BCUT2D eigenvalue weighted by Crippen LogP contribution is -2.22. The normalized spacial score (nSPS) is 11.8. The topological polar surface area (TPSA) is 38.3 Å². The fourth-order valence-electron chi connectivity index (χ4n) is 1.73. The van der Waals surface area contributed by atoms with Gasteiger partial charge in [0.2, 0.25) is 5.91 Å². The van der Waals surface area contributed by atoms with E-state index < -0.39 is 16.9 Å². The van der Waals surface area contributed by atoms with Crippen LogP contribution in [0, 0.1) is 11.6 Å². The van der Waals surface area contributed by atoms with Crippen LogP contribution in [0.15, 0.2) is 47.4 Å². The molecule has 1 atom stereocenters. The Hall–Kier alpha value is -2.08. The third kappa shape index (κ3) is 4.21. The van der Waals surface area contributed by atoms with Crippen LogP contribution in [0.1, 0.15) is 6.92 Å². The van der Waals surface area contributed by atoms with Crippen LogP contribution in [-0.2, 0) is 4.79 Å². The number of benzene rings is 2. The maximum absolute atomic E-state index is 13.1. The summed E-state index contributed by atoms with van der Waals surface area (Å²) in [5.74, 6) is -1.35. The molecular weight excluding hydrogens is 308 g/mol. The molecule has 1 unspecified atom stereocenters. The maximum Gasteiger partial charge on any atom is 0.237 e. The fourth-order valence-corrected chi connectivity index (χ4v) is 2.62. The standard InChI is InChI=1S/C16H15F2NO2S/c1-10(22-13-7-8-14(17)15(18)9-13)16(20)19-11-3-5-12(21-2)6-4-11/h3-10H,1-2H3,(H,19,20). The van der Waals surface area contributed by atoms with Crippen molar-refractivity contribution in [2.75, 3.05) is 12.4 Å². The summed E-state index contributed by atoms with van der Waals surface area (Å²) in [6.07, 6.45) is 0. The average Bonchev–Trinajstić information content (AvgIpc) is 2.51. The first-order valence-corrected chi connectivity index (χ1v) is 7.44. The Morgan fingerprint density at radius 2 is 1.82 bits per heavy atom. The molecule has 0 saturated carbocycles. The lowest BCUT2D eigenvalue weighted by atomic mass is 10.3. The molecule has 1 N–H and O–H groups in total. The van der Waals surface area contributed by atoms with Crippen LogP contribution >= 0.6 is 11.8 Å². The van der Waals surface area contributed by atoms with Gasteiger partial charge in [0.1, 0.15) is 5.75 Å². The summed E-state index contributed by atoms with van der Waals surface area (Å²) in [6.45, 7) is 1.70. The molecule has 6 heteroatoms. The number of anilines is 1. The van der Waals surface area contributed by atoms with Crippen molar-refractivity contribution in [1.82, 2.24) is 0 Å². The Morgan fingerprint density at radius 1 is 1.14 bits per heavy atom. The highest BCUT2D eigenvalue weighted by atomic mass is 32.2. The highest BCUT2D eigenvalue weighted by Gasteiger charge is 2.15. The average molecular weight is 323 g/mol. The number of nitrogens with one attached hydrogen (secondary N) is 1. The van der Waals surface area contributed by atoms with Crippen LogP contribution in [0.25, 0.3) is 0 Å². The first-order chi connectivity index (χ1) is 10.5. The second kappa shape index (κ2) is 7.26. The predicted octanol–water partition coefficient (Wildman–Crippen LogP) is 4.09. The zero-order valence-electron chi connectivity index (χ0n) is 12.1. The van der Waals surface area contributed by atoms with Gasteiger partial charge in [-0.15, -0.1) is 11.8 Å². The molecule has 0 saturated heterocycles. The molecular formula is C16H15F2NO2S. The van der Waals surface area contributed by atoms with Crippen molar-refractivity contribution in [3.8, 4) is 5.75 Å². The summed E-state index contributed by atoms with van der Waals surface area (Å²) in [4.78, 5) is 12.6. The van der Waals surface area contributed by atoms with E-state index in [0.717, 1.165) is 23.9 Å². The first kappa shape index (κ1) is 16.3. The Morgan fingerprint density at radius 3 is 2.41 bits per heavy atom. The van der Waals surface area contributed by atoms with Crippen molar-refractivity contribution < 1.29 is 18.3 Å². The van der Waals surface area contributed by atoms with E-state index in [2.05, 4.69) is 5.32 Å². The van der Waals surface area contributed by atoms with Gasteiger partial charge in [0, 0.05) is 10.6 Å². The van der Waals surface area contributed by atoms with E-state index in [1.807, 2.05) is 0 Å². The maximum atomic E-state index is 13.1. The van der Waals surface area contributed by atoms with Gasteiger partial charge in [-0.25, -0.2) is 8.78 Å². The van der Waals surface area contributed by atoms with E-state index in [0.29, 0.717) is 16.3 Å². The highest BCUT2D eigenvalue weighted by molar-refractivity contribution is 8.00. The van der Waals surface area contributed by atoms with Gasteiger partial charge in [0.05, 0.1) is 12.4 Å². The molecule has 2 aromatic rings. The smallest absolute Gasteiger partial charge is 0.237 e. The first-order valence-electron chi connectivity index (χ1n) is 6.56. The van der Waals surface area contributed by atoms with Gasteiger partial charge in [-0.3, -0.25) is 4.79 Å². The second-order valence-electron chi connectivity index (χ2n) is 4.55. The molecule has 0 spiro atoms. The Labute approximate surface area is 131 Å².